The van der Waals surface area contributed by atoms with Crippen LogP contribution >= 0.6 is 0 Å². The lowest BCUT2D eigenvalue weighted by molar-refractivity contribution is -0.138. The molecule has 6 heteroatoms. The van der Waals surface area contributed by atoms with Crippen LogP contribution in [0.1, 0.15) is 6.42 Å². The van der Waals surface area contributed by atoms with Gasteiger partial charge in [0.05, 0.1) is 12.5 Å². The van der Waals surface area contributed by atoms with E-state index in [1.54, 1.807) is 0 Å². The first kappa shape index (κ1) is 9.48. The van der Waals surface area contributed by atoms with Gasteiger partial charge in [-0.2, -0.15) is 4.79 Å². The smallest absolute Gasteiger partial charge is 0.324 e. The van der Waals surface area contributed by atoms with E-state index >= 15 is 0 Å². The average Bonchev–Trinajstić information content (AvgIpc) is 1.86. The van der Waals surface area contributed by atoms with E-state index in [0.29, 0.717) is 6.21 Å². The van der Waals surface area contributed by atoms with E-state index in [2.05, 4.69) is 4.79 Å². The normalized spacial score (nSPS) is 11.4. The zero-order valence-corrected chi connectivity index (χ0v) is 5.60. The van der Waals surface area contributed by atoms with Crippen molar-refractivity contribution >= 4 is 18.0 Å². The fourth-order valence-electron chi connectivity index (χ4n) is 0.441. The number of nitrogens with two attached hydrogens (primary N) is 1. The van der Waals surface area contributed by atoms with E-state index in [1.165, 1.54) is 0 Å². The Balaban J connectivity index is 4.02. The molecular weight excluding hydrogens is 150 g/mol. The zero-order valence-electron chi connectivity index (χ0n) is 5.60. The maximum Gasteiger partial charge on any atom is 0.324 e. The first-order valence-electron chi connectivity index (χ1n) is 2.76. The molecule has 0 fully saturated rings. The number of ketones is 1. The summed E-state index contributed by atoms with van der Waals surface area (Å²) in [6.45, 7) is 0. The minimum atomic E-state index is -1.17. The van der Waals surface area contributed by atoms with Gasteiger partial charge in [0.1, 0.15) is 0 Å². The van der Waals surface area contributed by atoms with Crippen LogP contribution in [0.25, 0.3) is 5.53 Å². The fourth-order valence-corrected chi connectivity index (χ4v) is 0.441. The molecule has 3 N–H and O–H groups in total. The Kier molecular flexibility index (Phi) is 3.72. The van der Waals surface area contributed by atoms with Crippen LogP contribution in [0.2, 0.25) is 0 Å². The summed E-state index contributed by atoms with van der Waals surface area (Å²) in [7, 11) is 0. The Morgan fingerprint density at radius 1 is 1.73 bits per heavy atom. The Hall–Kier alpha value is -1.52. The van der Waals surface area contributed by atoms with Gasteiger partial charge < -0.3 is 16.4 Å². The number of carboxylic acids is 1. The molecule has 0 aliphatic carbocycles. The van der Waals surface area contributed by atoms with E-state index in [4.69, 9.17) is 16.4 Å². The molecule has 0 spiro atoms. The Morgan fingerprint density at radius 3 is 2.64 bits per heavy atom. The standard InChI is InChI=1S/C5H7N3O3/c6-3(1-5(10)11)4(9)2-8-7/h2-3H,1,6H2,(H,10,11). The molecule has 0 bridgehead atoms. The van der Waals surface area contributed by atoms with Crippen LogP contribution in [0, 0.1) is 0 Å². The lowest BCUT2D eigenvalue weighted by Crippen LogP contribution is -2.33. The summed E-state index contributed by atoms with van der Waals surface area (Å²) in [6, 6.07) is -1.14. The molecule has 11 heavy (non-hydrogen) atoms. The number of carboxylic acid groups (broad SMARTS) is 1. The molecule has 1 atom stereocenters. The largest absolute Gasteiger partial charge is 0.481 e. The number of carbonyl (C=O) groups excluding carboxylic acids is 1. The van der Waals surface area contributed by atoms with Crippen molar-refractivity contribution in [2.75, 3.05) is 0 Å². The van der Waals surface area contributed by atoms with Crippen LogP contribution in [-0.2, 0) is 9.59 Å². The van der Waals surface area contributed by atoms with E-state index in [0.717, 1.165) is 0 Å². The van der Waals surface area contributed by atoms with Gasteiger partial charge in [0, 0.05) is 0 Å². The molecule has 0 aromatic carbocycles. The highest BCUT2D eigenvalue weighted by Crippen LogP contribution is 1.87. The zero-order chi connectivity index (χ0) is 8.85. The molecule has 6 nitrogen and oxygen atoms in total. The minimum absolute atomic E-state index is 0.467. The highest BCUT2D eigenvalue weighted by molar-refractivity contribution is 6.28. The maximum atomic E-state index is 10.6. The molecule has 0 aromatic heterocycles. The number of aliphatic carboxylic acids is 1. The Bertz CT molecular complexity index is 219. The lowest BCUT2D eigenvalue weighted by Gasteiger charge is -1.98. The monoisotopic (exact) mass is 157 g/mol. The SMILES string of the molecule is [N-]=[N+]=CC(=O)C(N)CC(=O)O. The van der Waals surface area contributed by atoms with Crippen LogP contribution in [0.4, 0.5) is 0 Å². The van der Waals surface area contributed by atoms with Gasteiger partial charge in [0.25, 0.3) is 5.78 Å². The first-order valence-corrected chi connectivity index (χ1v) is 2.76. The summed E-state index contributed by atoms with van der Waals surface area (Å²) in [6.07, 6.45) is 0.110. The van der Waals surface area contributed by atoms with Crippen molar-refractivity contribution in [3.8, 4) is 0 Å². The van der Waals surface area contributed by atoms with Gasteiger partial charge in [-0.3, -0.25) is 9.59 Å². The molecule has 0 rings (SSSR count). The fraction of sp³-hybridized carbons (Fsp3) is 0.400. The number of nitrogens with zero attached hydrogens (tertiary/aromatic N) is 2. The molecule has 60 valence electrons. The second-order valence-corrected chi connectivity index (χ2v) is 1.85. The van der Waals surface area contributed by atoms with Gasteiger partial charge >= 0.3 is 12.2 Å². The Morgan fingerprint density at radius 2 is 2.27 bits per heavy atom. The topological polar surface area (TPSA) is 117 Å². The summed E-state index contributed by atoms with van der Waals surface area (Å²) < 4.78 is 0. The van der Waals surface area contributed by atoms with E-state index in [-0.39, 0.29) is 0 Å². The van der Waals surface area contributed by atoms with E-state index < -0.39 is 24.2 Å². The van der Waals surface area contributed by atoms with Gasteiger partial charge in [-0.25, -0.2) is 0 Å². The molecule has 0 aromatic rings. The number of rotatable bonds is 4. The second-order valence-electron chi connectivity index (χ2n) is 1.85. The van der Waals surface area contributed by atoms with Gasteiger partial charge in [-0.1, -0.05) is 0 Å². The molecular formula is C5H7N3O3. The summed E-state index contributed by atoms with van der Waals surface area (Å²) in [4.78, 5) is 23.0. The van der Waals surface area contributed by atoms with Crippen molar-refractivity contribution in [2.45, 2.75) is 12.5 Å². The summed E-state index contributed by atoms with van der Waals surface area (Å²) >= 11 is 0. The van der Waals surface area contributed by atoms with Gasteiger partial charge in [-0.15, -0.1) is 0 Å². The van der Waals surface area contributed by atoms with E-state index in [1.807, 2.05) is 0 Å². The molecule has 0 radical (unpaired) electrons. The van der Waals surface area contributed by atoms with Crippen molar-refractivity contribution < 1.29 is 19.5 Å². The molecule has 0 aliphatic rings. The summed E-state index contributed by atoms with van der Waals surface area (Å²) in [5.41, 5.74) is 12.9. The predicted molar refractivity (Wildman–Crippen MR) is 34.9 cm³/mol. The minimum Gasteiger partial charge on any atom is -0.481 e. The number of hydrogen-bond donors (Lipinski definition) is 2. The quantitative estimate of drug-likeness (QED) is 0.298. The third-order valence-corrected chi connectivity index (χ3v) is 0.945. The van der Waals surface area contributed by atoms with Gasteiger partial charge in [-0.05, 0) is 0 Å². The Labute approximate surface area is 62.2 Å². The molecule has 0 amide bonds. The first-order chi connectivity index (χ1) is 5.07. The van der Waals surface area contributed by atoms with Crippen molar-refractivity contribution in [3.05, 3.63) is 5.53 Å². The predicted octanol–water partition coefficient (Wildman–Crippen LogP) is -1.34. The highest BCUT2D eigenvalue weighted by atomic mass is 16.4. The summed E-state index contributed by atoms with van der Waals surface area (Å²) in [5, 5.41) is 8.16. The number of Topliss-reactive ketones (excluding diaryl/α,β-unsaturated/α-hetero) is 1. The second kappa shape index (κ2) is 4.32. The highest BCUT2D eigenvalue weighted by Gasteiger charge is 2.17. The number of hydrogen-bond acceptors (Lipinski definition) is 3. The molecule has 0 saturated carbocycles. The molecule has 0 aliphatic heterocycles. The maximum absolute atomic E-state index is 10.6. The van der Waals surface area contributed by atoms with Crippen LogP contribution in [-0.4, -0.2) is 33.9 Å². The lowest BCUT2D eigenvalue weighted by atomic mass is 10.1. The van der Waals surface area contributed by atoms with Crippen LogP contribution in [0.3, 0.4) is 0 Å². The molecule has 0 saturated heterocycles. The van der Waals surface area contributed by atoms with Crippen molar-refractivity contribution in [3.63, 3.8) is 0 Å². The third kappa shape index (κ3) is 3.96. The van der Waals surface area contributed by atoms with Crippen LogP contribution < -0.4 is 5.73 Å². The molecule has 1 unspecified atom stereocenters. The van der Waals surface area contributed by atoms with Crippen molar-refractivity contribution in [1.29, 1.82) is 0 Å². The van der Waals surface area contributed by atoms with Crippen molar-refractivity contribution in [1.82, 2.24) is 0 Å². The van der Waals surface area contributed by atoms with E-state index in [9.17, 15) is 9.59 Å². The average molecular weight is 157 g/mol. The van der Waals surface area contributed by atoms with Gasteiger partial charge in [0.15, 0.2) is 0 Å². The van der Waals surface area contributed by atoms with Crippen molar-refractivity contribution in [2.24, 2.45) is 5.73 Å². The third-order valence-electron chi connectivity index (χ3n) is 0.945. The summed E-state index contributed by atoms with van der Waals surface area (Å²) in [5.74, 6) is -1.88. The number of carbonyl (C=O) groups is 2. The van der Waals surface area contributed by atoms with Crippen LogP contribution in [0.15, 0.2) is 0 Å². The molecule has 0 heterocycles. The van der Waals surface area contributed by atoms with Crippen LogP contribution in [0.5, 0.6) is 0 Å². The van der Waals surface area contributed by atoms with Gasteiger partial charge in [0.2, 0.25) is 0 Å².